The summed E-state index contributed by atoms with van der Waals surface area (Å²) in [5.74, 6) is -1.04. The molecule has 2 aliphatic carbocycles. The maximum absolute atomic E-state index is 11.9. The molecule has 4 nitrogen and oxygen atoms in total. The highest BCUT2D eigenvalue weighted by molar-refractivity contribution is 6.98. The van der Waals surface area contributed by atoms with E-state index < -0.39 is 8.07 Å². The Kier molecular flexibility index (Phi) is 3.16. The third kappa shape index (κ3) is 2.37. The molecular weight excluding hydrogens is 260 g/mol. The Morgan fingerprint density at radius 1 is 0.684 bits per heavy atom. The molecule has 0 amide bonds. The third-order valence-corrected chi connectivity index (χ3v) is 6.72. The number of rotatable bonds is 2. The van der Waals surface area contributed by atoms with E-state index >= 15 is 0 Å². The van der Waals surface area contributed by atoms with E-state index in [4.69, 9.17) is 0 Å². The minimum Gasteiger partial charge on any atom is -0.290 e. The smallest absolute Gasteiger partial charge is 0.178 e. The molecule has 0 saturated carbocycles. The Bertz CT molecular complexity index is 576. The summed E-state index contributed by atoms with van der Waals surface area (Å²) in [6, 6.07) is 0. The van der Waals surface area contributed by atoms with Crippen LogP contribution in [0.4, 0.5) is 0 Å². The molecule has 0 atom stereocenters. The quantitative estimate of drug-likeness (QED) is 0.556. The van der Waals surface area contributed by atoms with Crippen molar-refractivity contribution in [2.24, 2.45) is 0 Å². The van der Waals surface area contributed by atoms with Crippen LogP contribution in [-0.4, -0.2) is 31.2 Å². The maximum Gasteiger partial charge on any atom is 0.178 e. The first kappa shape index (κ1) is 13.3. The van der Waals surface area contributed by atoms with Gasteiger partial charge in [0.2, 0.25) is 0 Å². The molecule has 2 aliphatic rings. The van der Waals surface area contributed by atoms with Gasteiger partial charge in [-0.25, -0.2) is 0 Å². The van der Waals surface area contributed by atoms with Crippen molar-refractivity contribution < 1.29 is 19.2 Å². The van der Waals surface area contributed by atoms with Gasteiger partial charge in [0.15, 0.2) is 23.1 Å². The predicted molar refractivity (Wildman–Crippen MR) is 72.0 cm³/mol. The molecule has 2 rings (SSSR count). The van der Waals surface area contributed by atoms with Crippen molar-refractivity contribution in [3.8, 4) is 0 Å². The van der Waals surface area contributed by atoms with Gasteiger partial charge in [0.1, 0.15) is 8.07 Å². The van der Waals surface area contributed by atoms with Gasteiger partial charge in [0.25, 0.3) is 0 Å². The van der Waals surface area contributed by atoms with Gasteiger partial charge in [-0.2, -0.15) is 0 Å². The predicted octanol–water partition coefficient (Wildman–Crippen LogP) is 1.04. The standard InChI is InChI=1S/C14H12O4Si/c1-19(2,13-7-9(15)3-5-11(13)17)14-8-10(16)4-6-12(14)18/h3-8H,1-2H3. The van der Waals surface area contributed by atoms with Gasteiger partial charge in [-0.05, 0) is 46.8 Å². The molecule has 0 fully saturated rings. The van der Waals surface area contributed by atoms with Crippen molar-refractivity contribution in [1.82, 2.24) is 0 Å². The largest absolute Gasteiger partial charge is 0.290 e. The van der Waals surface area contributed by atoms with Crippen LogP contribution in [0.2, 0.25) is 13.1 Å². The highest BCUT2D eigenvalue weighted by Crippen LogP contribution is 2.28. The molecule has 0 radical (unpaired) electrons. The van der Waals surface area contributed by atoms with Crippen molar-refractivity contribution in [1.29, 1.82) is 0 Å². The van der Waals surface area contributed by atoms with Crippen LogP contribution in [0.1, 0.15) is 0 Å². The number of allylic oxidation sites excluding steroid dienone is 8. The van der Waals surface area contributed by atoms with Gasteiger partial charge in [-0.3, -0.25) is 19.2 Å². The summed E-state index contributed by atoms with van der Waals surface area (Å²) in [5.41, 5.74) is 0. The van der Waals surface area contributed by atoms with Gasteiger partial charge >= 0.3 is 0 Å². The van der Waals surface area contributed by atoms with E-state index in [9.17, 15) is 19.2 Å². The highest BCUT2D eigenvalue weighted by atomic mass is 28.3. The SMILES string of the molecule is C[Si](C)(C1=CC(=O)C=CC1=O)C1=CC(=O)C=CC1=O. The van der Waals surface area contributed by atoms with Crippen LogP contribution in [0, 0.1) is 0 Å². The molecule has 0 N–H and O–H groups in total. The second-order valence-corrected chi connectivity index (χ2v) is 9.27. The summed E-state index contributed by atoms with van der Waals surface area (Å²) in [7, 11) is -2.63. The summed E-state index contributed by atoms with van der Waals surface area (Å²) in [4.78, 5) is 46.6. The molecule has 0 aliphatic heterocycles. The Balaban J connectivity index is 2.48. The third-order valence-electron chi connectivity index (χ3n) is 3.25. The number of ketones is 4. The van der Waals surface area contributed by atoms with Crippen LogP contribution >= 0.6 is 0 Å². The van der Waals surface area contributed by atoms with E-state index in [-0.39, 0.29) is 23.1 Å². The first-order chi connectivity index (χ1) is 8.82. The number of carbonyl (C=O) groups excluding carboxylic acids is 4. The average Bonchev–Trinajstić information content (AvgIpc) is 2.35. The molecule has 0 aromatic rings. The highest BCUT2D eigenvalue weighted by Gasteiger charge is 2.39. The molecule has 0 bridgehead atoms. The molecule has 0 spiro atoms. The lowest BCUT2D eigenvalue weighted by atomic mass is 10.1. The molecule has 96 valence electrons. The molecule has 19 heavy (non-hydrogen) atoms. The minimum absolute atomic E-state index is 0.257. The van der Waals surface area contributed by atoms with Crippen molar-refractivity contribution in [3.63, 3.8) is 0 Å². The zero-order valence-electron chi connectivity index (χ0n) is 10.6. The fraction of sp³-hybridized carbons (Fsp3) is 0.143. The fourth-order valence-corrected chi connectivity index (χ4v) is 4.84. The number of hydrogen-bond acceptors (Lipinski definition) is 4. The molecule has 0 saturated heterocycles. The molecular formula is C14H12O4Si. The van der Waals surface area contributed by atoms with Crippen molar-refractivity contribution >= 4 is 31.2 Å². The molecule has 0 aromatic carbocycles. The molecule has 0 heterocycles. The summed E-state index contributed by atoms with van der Waals surface area (Å²) in [6.07, 6.45) is 7.42. The lowest BCUT2D eigenvalue weighted by Crippen LogP contribution is -2.41. The minimum atomic E-state index is -2.63. The van der Waals surface area contributed by atoms with Gasteiger partial charge in [-0.1, -0.05) is 13.1 Å². The van der Waals surface area contributed by atoms with Crippen molar-refractivity contribution in [2.75, 3.05) is 0 Å². The summed E-state index contributed by atoms with van der Waals surface area (Å²) in [6.45, 7) is 3.58. The van der Waals surface area contributed by atoms with E-state index in [1.807, 2.05) is 0 Å². The van der Waals surface area contributed by atoms with Crippen LogP contribution < -0.4 is 0 Å². The van der Waals surface area contributed by atoms with E-state index in [1.54, 1.807) is 13.1 Å². The van der Waals surface area contributed by atoms with Crippen LogP contribution in [0.5, 0.6) is 0 Å². The van der Waals surface area contributed by atoms with Crippen molar-refractivity contribution in [2.45, 2.75) is 13.1 Å². The van der Waals surface area contributed by atoms with Crippen LogP contribution in [0.25, 0.3) is 0 Å². The zero-order valence-corrected chi connectivity index (χ0v) is 11.6. The zero-order chi connectivity index (χ0) is 14.2. The first-order valence-electron chi connectivity index (χ1n) is 5.79. The lowest BCUT2D eigenvalue weighted by Gasteiger charge is -2.27. The second-order valence-electron chi connectivity index (χ2n) is 4.94. The Morgan fingerprint density at radius 2 is 1.05 bits per heavy atom. The topological polar surface area (TPSA) is 68.3 Å². The molecule has 0 aromatic heterocycles. The van der Waals surface area contributed by atoms with Crippen LogP contribution in [0.15, 0.2) is 46.8 Å². The Labute approximate surface area is 111 Å². The normalized spacial score (nSPS) is 19.7. The molecule has 5 heteroatoms. The molecule has 0 unspecified atom stereocenters. The van der Waals surface area contributed by atoms with Crippen molar-refractivity contribution in [3.05, 3.63) is 46.8 Å². The summed E-state index contributed by atoms with van der Waals surface area (Å²) in [5, 5.41) is 0.727. The average molecular weight is 272 g/mol. The summed E-state index contributed by atoms with van der Waals surface area (Å²) < 4.78 is 0. The Hall–Kier alpha value is -2.14. The van der Waals surface area contributed by atoms with Crippen LogP contribution in [0.3, 0.4) is 0 Å². The van der Waals surface area contributed by atoms with Gasteiger partial charge in [-0.15, -0.1) is 0 Å². The van der Waals surface area contributed by atoms with Gasteiger partial charge < -0.3 is 0 Å². The number of carbonyl (C=O) groups is 4. The number of hydrogen-bond donors (Lipinski definition) is 0. The first-order valence-corrected chi connectivity index (χ1v) is 8.79. The van der Waals surface area contributed by atoms with E-state index in [1.165, 1.54) is 36.5 Å². The van der Waals surface area contributed by atoms with E-state index in [2.05, 4.69) is 0 Å². The monoisotopic (exact) mass is 272 g/mol. The van der Waals surface area contributed by atoms with E-state index in [0.717, 1.165) is 0 Å². The lowest BCUT2D eigenvalue weighted by molar-refractivity contribution is -0.114. The van der Waals surface area contributed by atoms with Gasteiger partial charge in [0, 0.05) is 0 Å². The second kappa shape index (κ2) is 4.51. The van der Waals surface area contributed by atoms with E-state index in [0.29, 0.717) is 10.4 Å². The summed E-state index contributed by atoms with van der Waals surface area (Å²) >= 11 is 0. The maximum atomic E-state index is 11.9. The van der Waals surface area contributed by atoms with Crippen LogP contribution in [-0.2, 0) is 19.2 Å². The Morgan fingerprint density at radius 3 is 1.42 bits per heavy atom. The fourth-order valence-electron chi connectivity index (χ4n) is 2.14. The van der Waals surface area contributed by atoms with Gasteiger partial charge in [0.05, 0.1) is 0 Å².